The molecule has 1 aliphatic rings. The first kappa shape index (κ1) is 21.1. The summed E-state index contributed by atoms with van der Waals surface area (Å²) >= 11 is 0. The number of methoxy groups -OCH3 is 1. The van der Waals surface area contributed by atoms with Gasteiger partial charge in [0.2, 0.25) is 6.17 Å². The molecule has 1 aliphatic heterocycles. The summed E-state index contributed by atoms with van der Waals surface area (Å²) in [5.74, 6) is 0.284. The van der Waals surface area contributed by atoms with Gasteiger partial charge in [-0.2, -0.15) is 0 Å². The van der Waals surface area contributed by atoms with Crippen molar-refractivity contribution in [1.29, 1.82) is 0 Å². The number of fused-ring (bicyclic) bond motifs is 1. The maximum atomic E-state index is 13.2. The number of aliphatic imine (C=N–C) groups is 1. The van der Waals surface area contributed by atoms with Crippen molar-refractivity contribution >= 4 is 29.0 Å². The molecule has 7 nitrogen and oxygen atoms in total. The maximum Gasteiger partial charge on any atom is 0.321 e. The normalized spacial score (nSPS) is 15.3. The molecule has 0 saturated heterocycles. The predicted molar refractivity (Wildman–Crippen MR) is 126 cm³/mol. The molecule has 32 heavy (non-hydrogen) atoms. The summed E-state index contributed by atoms with van der Waals surface area (Å²) < 4.78 is 5.19. The average molecular weight is 428 g/mol. The Morgan fingerprint density at radius 3 is 2.56 bits per heavy atom. The second-order valence-corrected chi connectivity index (χ2v) is 7.49. The number of rotatable bonds is 4. The van der Waals surface area contributed by atoms with Gasteiger partial charge in [-0.05, 0) is 30.7 Å². The Morgan fingerprint density at radius 1 is 1.03 bits per heavy atom. The molecule has 3 amide bonds. The Bertz CT molecular complexity index is 1190. The van der Waals surface area contributed by atoms with Crippen molar-refractivity contribution in [2.24, 2.45) is 4.99 Å². The maximum absolute atomic E-state index is 13.2. The van der Waals surface area contributed by atoms with Crippen LogP contribution in [0.3, 0.4) is 0 Å². The zero-order valence-corrected chi connectivity index (χ0v) is 18.1. The van der Waals surface area contributed by atoms with E-state index in [0.29, 0.717) is 17.1 Å². The van der Waals surface area contributed by atoms with Crippen molar-refractivity contribution in [3.8, 4) is 5.75 Å². The van der Waals surface area contributed by atoms with Gasteiger partial charge in [-0.3, -0.25) is 4.79 Å². The zero-order valence-electron chi connectivity index (χ0n) is 18.1. The first-order valence-electron chi connectivity index (χ1n) is 10.2. The monoisotopic (exact) mass is 428 g/mol. The fraction of sp³-hybridized carbons (Fsp3) is 0.160. The fourth-order valence-electron chi connectivity index (χ4n) is 3.59. The molecule has 7 heteroatoms. The molecule has 0 radical (unpaired) electrons. The third kappa shape index (κ3) is 4.32. The van der Waals surface area contributed by atoms with E-state index in [-0.39, 0.29) is 5.91 Å². The summed E-state index contributed by atoms with van der Waals surface area (Å²) in [6, 6.07) is 22.0. The molecule has 1 atom stereocenters. The van der Waals surface area contributed by atoms with Crippen LogP contribution < -0.4 is 20.3 Å². The lowest BCUT2D eigenvalue weighted by Crippen LogP contribution is -2.47. The quantitative estimate of drug-likeness (QED) is 0.660. The average Bonchev–Trinajstić information content (AvgIpc) is 2.90. The van der Waals surface area contributed by atoms with Gasteiger partial charge >= 0.3 is 6.03 Å². The highest BCUT2D eigenvalue weighted by Crippen LogP contribution is 2.28. The highest BCUT2D eigenvalue weighted by atomic mass is 16.5. The van der Waals surface area contributed by atoms with Gasteiger partial charge in [0.05, 0.1) is 18.5 Å². The number of likely N-dealkylation sites (N-methyl/N-ethyl adjacent to an activating group) is 1. The van der Waals surface area contributed by atoms with Gasteiger partial charge in [0.1, 0.15) is 5.75 Å². The minimum Gasteiger partial charge on any atom is -0.497 e. The number of nitrogens with one attached hydrogen (secondary N) is 2. The summed E-state index contributed by atoms with van der Waals surface area (Å²) in [5, 5.41) is 5.44. The summed E-state index contributed by atoms with van der Waals surface area (Å²) in [5.41, 5.74) is 4.65. The summed E-state index contributed by atoms with van der Waals surface area (Å²) in [6.07, 6.45) is -1.09. The molecule has 3 aromatic carbocycles. The lowest BCUT2D eigenvalue weighted by molar-refractivity contribution is -0.119. The molecule has 0 bridgehead atoms. The first-order chi connectivity index (χ1) is 15.5. The van der Waals surface area contributed by atoms with E-state index in [9.17, 15) is 9.59 Å². The minimum atomic E-state index is -1.09. The van der Waals surface area contributed by atoms with E-state index < -0.39 is 12.2 Å². The second-order valence-electron chi connectivity index (χ2n) is 7.49. The number of urea groups is 1. The predicted octanol–water partition coefficient (Wildman–Crippen LogP) is 3.97. The van der Waals surface area contributed by atoms with Gasteiger partial charge < -0.3 is 20.3 Å². The van der Waals surface area contributed by atoms with E-state index in [1.165, 1.54) is 4.90 Å². The van der Waals surface area contributed by atoms with Crippen molar-refractivity contribution in [1.82, 2.24) is 5.32 Å². The second kappa shape index (κ2) is 8.93. The number of ether oxygens (including phenoxy) is 1. The molecule has 2 N–H and O–H groups in total. The molecule has 1 heterocycles. The molecular weight excluding hydrogens is 404 g/mol. The highest BCUT2D eigenvalue weighted by Gasteiger charge is 2.31. The SMILES string of the molecule is COc1cccc(NC(=O)NC2N=C(c3ccccc3)c3ccc(C)cc3N(C)C2=O)c1. The van der Waals surface area contributed by atoms with E-state index in [2.05, 4.69) is 10.6 Å². The standard InChI is InChI=1S/C25H24N4O3/c1-16-12-13-20-21(14-16)29(2)24(30)23(27-22(20)17-8-5-4-6-9-17)28-25(31)26-18-10-7-11-19(15-18)32-3/h4-15,23H,1-3H3,(H2,26,28,31). The van der Waals surface area contributed by atoms with Crippen LogP contribution in [0.5, 0.6) is 5.75 Å². The summed E-state index contributed by atoms with van der Waals surface area (Å²) in [4.78, 5) is 32.2. The Balaban J connectivity index is 1.69. The number of hydrogen-bond donors (Lipinski definition) is 2. The van der Waals surface area contributed by atoms with E-state index in [1.54, 1.807) is 38.4 Å². The van der Waals surface area contributed by atoms with Crippen LogP contribution in [0.2, 0.25) is 0 Å². The molecule has 0 saturated carbocycles. The first-order valence-corrected chi connectivity index (χ1v) is 10.2. The molecule has 0 aromatic heterocycles. The molecular formula is C25H24N4O3. The van der Waals surface area contributed by atoms with Crippen LogP contribution in [0.15, 0.2) is 77.8 Å². The smallest absolute Gasteiger partial charge is 0.321 e. The van der Waals surface area contributed by atoms with E-state index >= 15 is 0 Å². The number of carbonyl (C=O) groups excluding carboxylic acids is 2. The van der Waals surface area contributed by atoms with Crippen LogP contribution >= 0.6 is 0 Å². The molecule has 0 aliphatic carbocycles. The van der Waals surface area contributed by atoms with Gasteiger partial charge in [0.25, 0.3) is 5.91 Å². The minimum absolute atomic E-state index is 0.330. The Morgan fingerprint density at radius 2 is 1.81 bits per heavy atom. The van der Waals surface area contributed by atoms with Crippen LogP contribution in [-0.2, 0) is 4.79 Å². The number of aryl methyl sites for hydroxylation is 1. The number of anilines is 2. The molecule has 4 rings (SSSR count). The van der Waals surface area contributed by atoms with Crippen molar-refractivity contribution in [2.45, 2.75) is 13.1 Å². The summed E-state index contributed by atoms with van der Waals surface area (Å²) in [7, 11) is 3.25. The van der Waals surface area contributed by atoms with Crippen LogP contribution in [0.4, 0.5) is 16.2 Å². The van der Waals surface area contributed by atoms with E-state index in [1.807, 2.05) is 55.5 Å². The van der Waals surface area contributed by atoms with Crippen LogP contribution in [-0.4, -0.2) is 38.0 Å². The van der Waals surface area contributed by atoms with Crippen molar-refractivity contribution in [3.05, 3.63) is 89.5 Å². The highest BCUT2D eigenvalue weighted by molar-refractivity contribution is 6.20. The van der Waals surface area contributed by atoms with Crippen LogP contribution in [0.1, 0.15) is 16.7 Å². The third-order valence-electron chi connectivity index (χ3n) is 5.24. The largest absolute Gasteiger partial charge is 0.497 e. The van der Waals surface area contributed by atoms with Gasteiger partial charge in [-0.15, -0.1) is 0 Å². The Kier molecular flexibility index (Phi) is 5.89. The number of benzene rings is 3. The number of nitrogens with zero attached hydrogens (tertiary/aromatic N) is 2. The lowest BCUT2D eigenvalue weighted by atomic mass is 9.99. The zero-order chi connectivity index (χ0) is 22.7. The van der Waals surface area contributed by atoms with Crippen molar-refractivity contribution < 1.29 is 14.3 Å². The Labute approximate surface area is 186 Å². The molecule has 0 fully saturated rings. The topological polar surface area (TPSA) is 83.0 Å². The lowest BCUT2D eigenvalue weighted by Gasteiger charge is -2.21. The van der Waals surface area contributed by atoms with Gasteiger partial charge in [-0.1, -0.05) is 48.5 Å². The number of amides is 3. The molecule has 162 valence electrons. The van der Waals surface area contributed by atoms with Gasteiger partial charge in [0.15, 0.2) is 0 Å². The number of hydrogen-bond acceptors (Lipinski definition) is 4. The Hall–Kier alpha value is -4.13. The van der Waals surface area contributed by atoms with Crippen molar-refractivity contribution in [3.63, 3.8) is 0 Å². The summed E-state index contributed by atoms with van der Waals surface area (Å²) in [6.45, 7) is 1.97. The number of carbonyl (C=O) groups is 2. The van der Waals surface area contributed by atoms with E-state index in [0.717, 1.165) is 22.4 Å². The molecule has 0 spiro atoms. The van der Waals surface area contributed by atoms with Gasteiger partial charge in [-0.25, -0.2) is 9.79 Å². The van der Waals surface area contributed by atoms with E-state index in [4.69, 9.17) is 9.73 Å². The molecule has 3 aromatic rings. The third-order valence-corrected chi connectivity index (χ3v) is 5.24. The molecule has 1 unspecified atom stereocenters. The fourth-order valence-corrected chi connectivity index (χ4v) is 3.59. The number of benzodiazepines with no additional fused rings is 1. The van der Waals surface area contributed by atoms with Crippen molar-refractivity contribution in [2.75, 3.05) is 24.4 Å². The van der Waals surface area contributed by atoms with Crippen LogP contribution in [0.25, 0.3) is 0 Å². The van der Waals surface area contributed by atoms with Crippen LogP contribution in [0, 0.1) is 6.92 Å². The van der Waals surface area contributed by atoms with Gasteiger partial charge in [0, 0.05) is 29.9 Å².